The molecule has 0 aromatic heterocycles. The van der Waals surface area contributed by atoms with Crippen LogP contribution in [0, 0.1) is 0 Å². The Balaban J connectivity index is 2.53. The first-order valence-electron chi connectivity index (χ1n) is 4.30. The molecule has 3 heteroatoms. The van der Waals surface area contributed by atoms with Crippen LogP contribution in [-0.4, -0.2) is 36.5 Å². The zero-order chi connectivity index (χ0) is 8.27. The summed E-state index contributed by atoms with van der Waals surface area (Å²) in [6.45, 7) is 9.49. The predicted molar refractivity (Wildman–Crippen MR) is 47.8 cm³/mol. The maximum Gasteiger partial charge on any atom is 0.194 e. The van der Waals surface area contributed by atoms with E-state index in [4.69, 9.17) is 0 Å². The highest BCUT2D eigenvalue weighted by Crippen LogP contribution is 2.00. The van der Waals surface area contributed by atoms with Crippen LogP contribution in [0.1, 0.15) is 20.8 Å². The molecule has 3 nitrogen and oxygen atoms in total. The van der Waals surface area contributed by atoms with Gasteiger partial charge >= 0.3 is 0 Å². The molecular weight excluding hydrogens is 138 g/mol. The maximum atomic E-state index is 4.36. The molecule has 64 valence electrons. The number of nitrogens with one attached hydrogen (secondary N) is 1. The molecule has 1 heterocycles. The summed E-state index contributed by atoms with van der Waals surface area (Å²) in [5.41, 5.74) is 0. The van der Waals surface area contributed by atoms with Gasteiger partial charge in [0.25, 0.3) is 0 Å². The van der Waals surface area contributed by atoms with E-state index in [1.165, 1.54) is 0 Å². The smallest absolute Gasteiger partial charge is 0.194 e. The summed E-state index contributed by atoms with van der Waals surface area (Å²) < 4.78 is 0. The molecule has 0 aliphatic carbocycles. The lowest BCUT2D eigenvalue weighted by molar-refractivity contribution is 0.358. The Morgan fingerprint density at radius 1 is 1.64 bits per heavy atom. The van der Waals surface area contributed by atoms with E-state index < -0.39 is 0 Å². The van der Waals surface area contributed by atoms with Crippen LogP contribution in [0.2, 0.25) is 0 Å². The van der Waals surface area contributed by atoms with Gasteiger partial charge in [0.05, 0.1) is 6.54 Å². The lowest BCUT2D eigenvalue weighted by Gasteiger charge is -2.26. The van der Waals surface area contributed by atoms with Gasteiger partial charge in [-0.1, -0.05) is 0 Å². The maximum absolute atomic E-state index is 4.36. The second-order valence-corrected chi connectivity index (χ2v) is 3.01. The summed E-state index contributed by atoms with van der Waals surface area (Å²) in [4.78, 5) is 6.63. The summed E-state index contributed by atoms with van der Waals surface area (Å²) in [6, 6.07) is 0.546. The van der Waals surface area contributed by atoms with Gasteiger partial charge in [0.15, 0.2) is 5.96 Å². The van der Waals surface area contributed by atoms with Crippen molar-refractivity contribution in [3.8, 4) is 0 Å². The van der Waals surface area contributed by atoms with Crippen LogP contribution in [0.3, 0.4) is 0 Å². The van der Waals surface area contributed by atoms with Crippen LogP contribution in [0.25, 0.3) is 0 Å². The lowest BCUT2D eigenvalue weighted by atomic mass is 10.3. The summed E-state index contributed by atoms with van der Waals surface area (Å²) in [5, 5.41) is 3.26. The van der Waals surface area contributed by atoms with E-state index >= 15 is 0 Å². The van der Waals surface area contributed by atoms with Crippen molar-refractivity contribution in [1.82, 2.24) is 10.2 Å². The topological polar surface area (TPSA) is 27.6 Å². The molecule has 1 aliphatic heterocycles. The minimum absolute atomic E-state index is 0.546. The molecule has 0 bridgehead atoms. The largest absolute Gasteiger partial charge is 0.354 e. The van der Waals surface area contributed by atoms with E-state index in [1.54, 1.807) is 0 Å². The average Bonchev–Trinajstić information content (AvgIpc) is 2.40. The molecule has 0 amide bonds. The Bertz CT molecular complexity index is 151. The lowest BCUT2D eigenvalue weighted by Crippen LogP contribution is -2.42. The molecule has 0 radical (unpaired) electrons. The van der Waals surface area contributed by atoms with Gasteiger partial charge in [0.2, 0.25) is 0 Å². The van der Waals surface area contributed by atoms with Gasteiger partial charge in [-0.3, -0.25) is 4.99 Å². The van der Waals surface area contributed by atoms with Crippen LogP contribution in [0.15, 0.2) is 4.99 Å². The predicted octanol–water partition coefficient (Wildman–Crippen LogP) is 0.676. The summed E-state index contributed by atoms with van der Waals surface area (Å²) in [7, 11) is 0. The van der Waals surface area contributed by atoms with Crippen molar-refractivity contribution in [3.05, 3.63) is 0 Å². The molecule has 11 heavy (non-hydrogen) atoms. The average molecular weight is 155 g/mol. The Morgan fingerprint density at radius 2 is 2.36 bits per heavy atom. The van der Waals surface area contributed by atoms with Crippen molar-refractivity contribution >= 4 is 5.96 Å². The molecule has 0 aromatic carbocycles. The molecule has 0 unspecified atom stereocenters. The fourth-order valence-corrected chi connectivity index (χ4v) is 1.34. The van der Waals surface area contributed by atoms with Crippen LogP contribution in [0.5, 0.6) is 0 Å². The number of hydrogen-bond donors (Lipinski definition) is 1. The van der Waals surface area contributed by atoms with Crippen molar-refractivity contribution in [3.63, 3.8) is 0 Å². The van der Waals surface area contributed by atoms with E-state index in [0.29, 0.717) is 6.04 Å². The Kier molecular flexibility index (Phi) is 2.74. The van der Waals surface area contributed by atoms with E-state index in [1.807, 2.05) is 0 Å². The molecule has 0 aromatic rings. The van der Waals surface area contributed by atoms with E-state index in [9.17, 15) is 0 Å². The minimum Gasteiger partial charge on any atom is -0.354 e. The van der Waals surface area contributed by atoms with Gasteiger partial charge in [-0.15, -0.1) is 0 Å². The highest BCUT2D eigenvalue weighted by atomic mass is 15.3. The Hall–Kier alpha value is -0.730. The highest BCUT2D eigenvalue weighted by molar-refractivity contribution is 5.81. The highest BCUT2D eigenvalue weighted by Gasteiger charge is 2.14. The van der Waals surface area contributed by atoms with Crippen molar-refractivity contribution in [1.29, 1.82) is 0 Å². The molecule has 0 fully saturated rings. The minimum atomic E-state index is 0.546. The summed E-state index contributed by atoms with van der Waals surface area (Å²) in [5.74, 6) is 1.07. The Labute approximate surface area is 68.5 Å². The monoisotopic (exact) mass is 155 g/mol. The number of rotatable bonds is 2. The second kappa shape index (κ2) is 3.60. The SMILES string of the molecule is CCN(C1=NCCN1)C(C)C. The number of guanidine groups is 1. The summed E-state index contributed by atoms with van der Waals surface area (Å²) >= 11 is 0. The third-order valence-corrected chi connectivity index (χ3v) is 1.89. The standard InChI is InChI=1S/C8H17N3/c1-4-11(7(2)3)8-9-5-6-10-8/h7H,4-6H2,1-3H3,(H,9,10). The van der Waals surface area contributed by atoms with E-state index in [0.717, 1.165) is 25.6 Å². The van der Waals surface area contributed by atoms with Crippen molar-refractivity contribution < 1.29 is 0 Å². The van der Waals surface area contributed by atoms with Gasteiger partial charge < -0.3 is 10.2 Å². The van der Waals surface area contributed by atoms with Crippen LogP contribution in [-0.2, 0) is 0 Å². The molecule has 1 aliphatic rings. The number of hydrogen-bond acceptors (Lipinski definition) is 3. The van der Waals surface area contributed by atoms with Gasteiger partial charge in [-0.2, -0.15) is 0 Å². The van der Waals surface area contributed by atoms with Gasteiger partial charge in [-0.25, -0.2) is 0 Å². The van der Waals surface area contributed by atoms with Crippen molar-refractivity contribution in [2.24, 2.45) is 4.99 Å². The van der Waals surface area contributed by atoms with Gasteiger partial charge in [0, 0.05) is 19.1 Å². The molecule has 0 spiro atoms. The zero-order valence-corrected chi connectivity index (χ0v) is 7.59. The van der Waals surface area contributed by atoms with Crippen molar-refractivity contribution in [2.45, 2.75) is 26.8 Å². The molecule has 0 saturated heterocycles. The first-order valence-corrected chi connectivity index (χ1v) is 4.30. The zero-order valence-electron chi connectivity index (χ0n) is 7.59. The summed E-state index contributed by atoms with van der Waals surface area (Å²) in [6.07, 6.45) is 0. The Morgan fingerprint density at radius 3 is 2.73 bits per heavy atom. The number of nitrogens with zero attached hydrogens (tertiary/aromatic N) is 2. The second-order valence-electron chi connectivity index (χ2n) is 3.01. The third kappa shape index (κ3) is 1.85. The van der Waals surface area contributed by atoms with Gasteiger partial charge in [0.1, 0.15) is 0 Å². The van der Waals surface area contributed by atoms with Crippen molar-refractivity contribution in [2.75, 3.05) is 19.6 Å². The van der Waals surface area contributed by atoms with Crippen LogP contribution < -0.4 is 5.32 Å². The first kappa shape index (κ1) is 8.37. The fourth-order valence-electron chi connectivity index (χ4n) is 1.34. The van der Waals surface area contributed by atoms with Gasteiger partial charge in [-0.05, 0) is 20.8 Å². The van der Waals surface area contributed by atoms with Crippen LogP contribution >= 0.6 is 0 Å². The van der Waals surface area contributed by atoms with E-state index in [-0.39, 0.29) is 0 Å². The quantitative estimate of drug-likeness (QED) is 0.635. The molecule has 1 N–H and O–H groups in total. The number of aliphatic imine (C=N–C) groups is 1. The van der Waals surface area contributed by atoms with Crippen LogP contribution in [0.4, 0.5) is 0 Å². The first-order chi connectivity index (χ1) is 5.25. The molecule has 0 saturated carbocycles. The molecular formula is C8H17N3. The van der Waals surface area contributed by atoms with E-state index in [2.05, 4.69) is 36.0 Å². The molecule has 1 rings (SSSR count). The third-order valence-electron chi connectivity index (χ3n) is 1.89. The fraction of sp³-hybridized carbons (Fsp3) is 0.875. The normalized spacial score (nSPS) is 16.5. The molecule has 0 atom stereocenters.